The van der Waals surface area contributed by atoms with Crippen molar-refractivity contribution >= 4 is 12.2 Å². The maximum absolute atomic E-state index is 11.4. The zero-order chi connectivity index (χ0) is 14.2. The maximum Gasteiger partial charge on any atom is 0.513 e. The van der Waals surface area contributed by atoms with Gasteiger partial charge in [-0.15, -0.1) is 0 Å². The van der Waals surface area contributed by atoms with Gasteiger partial charge in [0.15, 0.2) is 0 Å². The SMILES string of the molecule is O=C(OCCOC(=O)n1ccnc1)Oc1ccccc1. The third-order valence-corrected chi connectivity index (χ3v) is 2.19. The van der Waals surface area contributed by atoms with Crippen molar-refractivity contribution in [1.82, 2.24) is 9.55 Å². The highest BCUT2D eigenvalue weighted by molar-refractivity contribution is 5.70. The number of para-hydroxylation sites is 1. The molecule has 0 unspecified atom stereocenters. The molecule has 0 aliphatic carbocycles. The summed E-state index contributed by atoms with van der Waals surface area (Å²) in [5.41, 5.74) is 0. The fourth-order valence-electron chi connectivity index (χ4n) is 1.31. The smallest absolute Gasteiger partial charge is 0.445 e. The summed E-state index contributed by atoms with van der Waals surface area (Å²) in [5, 5.41) is 0. The van der Waals surface area contributed by atoms with E-state index in [-0.39, 0.29) is 13.2 Å². The second kappa shape index (κ2) is 6.93. The van der Waals surface area contributed by atoms with Gasteiger partial charge in [-0.2, -0.15) is 0 Å². The molecule has 1 aromatic carbocycles. The summed E-state index contributed by atoms with van der Waals surface area (Å²) in [6.45, 7) is -0.160. The lowest BCUT2D eigenvalue weighted by molar-refractivity contribution is 0.0700. The first-order chi connectivity index (χ1) is 9.75. The third kappa shape index (κ3) is 4.13. The number of hydrogen-bond donors (Lipinski definition) is 0. The lowest BCUT2D eigenvalue weighted by Crippen LogP contribution is -2.18. The molecular formula is C13H12N2O5. The van der Waals surface area contributed by atoms with E-state index in [0.29, 0.717) is 5.75 Å². The molecular weight excluding hydrogens is 264 g/mol. The van der Waals surface area contributed by atoms with Crippen LogP contribution in [0.2, 0.25) is 0 Å². The second-order valence-corrected chi connectivity index (χ2v) is 3.60. The van der Waals surface area contributed by atoms with Gasteiger partial charge in [-0.25, -0.2) is 19.1 Å². The number of carbonyl (C=O) groups is 2. The zero-order valence-corrected chi connectivity index (χ0v) is 10.5. The van der Waals surface area contributed by atoms with Crippen LogP contribution in [0, 0.1) is 0 Å². The Balaban J connectivity index is 1.64. The molecule has 104 valence electrons. The van der Waals surface area contributed by atoms with Crippen molar-refractivity contribution in [3.05, 3.63) is 49.1 Å². The van der Waals surface area contributed by atoms with Crippen LogP contribution in [0.15, 0.2) is 49.1 Å². The molecule has 0 radical (unpaired) electrons. The van der Waals surface area contributed by atoms with Crippen LogP contribution in [0.1, 0.15) is 0 Å². The van der Waals surface area contributed by atoms with Gasteiger partial charge in [0.05, 0.1) is 0 Å². The lowest BCUT2D eigenvalue weighted by Gasteiger charge is -2.06. The molecule has 7 nitrogen and oxygen atoms in total. The molecule has 0 spiro atoms. The molecule has 0 atom stereocenters. The summed E-state index contributed by atoms with van der Waals surface area (Å²) in [5.74, 6) is 0.382. The first-order valence-electron chi connectivity index (χ1n) is 5.80. The van der Waals surface area contributed by atoms with Gasteiger partial charge in [0.1, 0.15) is 25.3 Å². The minimum absolute atomic E-state index is 0.0685. The maximum atomic E-state index is 11.4. The van der Waals surface area contributed by atoms with Crippen LogP contribution in [0.5, 0.6) is 5.75 Å². The molecule has 0 aliphatic rings. The van der Waals surface area contributed by atoms with E-state index in [2.05, 4.69) is 4.98 Å². The topological polar surface area (TPSA) is 79.7 Å². The van der Waals surface area contributed by atoms with Crippen molar-refractivity contribution in [3.8, 4) is 5.75 Å². The monoisotopic (exact) mass is 276 g/mol. The van der Waals surface area contributed by atoms with E-state index >= 15 is 0 Å². The van der Waals surface area contributed by atoms with Crippen molar-refractivity contribution in [2.24, 2.45) is 0 Å². The molecule has 0 saturated heterocycles. The van der Waals surface area contributed by atoms with Crippen LogP contribution in [0.4, 0.5) is 9.59 Å². The molecule has 2 rings (SSSR count). The Morgan fingerprint density at radius 3 is 2.55 bits per heavy atom. The highest BCUT2D eigenvalue weighted by Crippen LogP contribution is 2.08. The summed E-state index contributed by atoms with van der Waals surface area (Å²) >= 11 is 0. The Morgan fingerprint density at radius 2 is 1.85 bits per heavy atom. The van der Waals surface area contributed by atoms with Crippen molar-refractivity contribution in [2.45, 2.75) is 0 Å². The molecule has 0 saturated carbocycles. The highest BCUT2D eigenvalue weighted by atomic mass is 16.7. The first kappa shape index (κ1) is 13.6. The number of nitrogens with zero attached hydrogens (tertiary/aromatic N) is 2. The van der Waals surface area contributed by atoms with E-state index in [1.807, 2.05) is 0 Å². The Morgan fingerprint density at radius 1 is 1.10 bits per heavy atom. The van der Waals surface area contributed by atoms with Gasteiger partial charge >= 0.3 is 12.2 Å². The molecule has 20 heavy (non-hydrogen) atoms. The van der Waals surface area contributed by atoms with Crippen molar-refractivity contribution < 1.29 is 23.8 Å². The van der Waals surface area contributed by atoms with Crippen molar-refractivity contribution in [2.75, 3.05) is 13.2 Å². The molecule has 2 aromatic rings. The van der Waals surface area contributed by atoms with Crippen LogP contribution >= 0.6 is 0 Å². The Kier molecular flexibility index (Phi) is 4.71. The van der Waals surface area contributed by atoms with E-state index < -0.39 is 12.2 Å². The Bertz CT molecular complexity index is 553. The van der Waals surface area contributed by atoms with Crippen LogP contribution in [0.25, 0.3) is 0 Å². The third-order valence-electron chi connectivity index (χ3n) is 2.19. The molecule has 1 heterocycles. The van der Waals surface area contributed by atoms with Crippen LogP contribution in [-0.2, 0) is 9.47 Å². The summed E-state index contributed by atoms with van der Waals surface area (Å²) in [6.07, 6.45) is 2.77. The molecule has 0 N–H and O–H groups in total. The molecule has 0 aliphatic heterocycles. The fraction of sp³-hybridized carbons (Fsp3) is 0.154. The van der Waals surface area contributed by atoms with E-state index in [4.69, 9.17) is 14.2 Å². The van der Waals surface area contributed by atoms with Crippen LogP contribution in [0.3, 0.4) is 0 Å². The van der Waals surface area contributed by atoms with E-state index in [9.17, 15) is 9.59 Å². The predicted molar refractivity (Wildman–Crippen MR) is 67.4 cm³/mol. The summed E-state index contributed by atoms with van der Waals surface area (Å²) < 4.78 is 15.6. The summed E-state index contributed by atoms with van der Waals surface area (Å²) in [6, 6.07) is 8.51. The van der Waals surface area contributed by atoms with Crippen molar-refractivity contribution in [1.29, 1.82) is 0 Å². The van der Waals surface area contributed by atoms with Crippen LogP contribution < -0.4 is 4.74 Å². The number of benzene rings is 1. The van der Waals surface area contributed by atoms with Gasteiger partial charge in [0.2, 0.25) is 0 Å². The average molecular weight is 276 g/mol. The number of carbonyl (C=O) groups excluding carboxylic acids is 2. The minimum atomic E-state index is -0.852. The normalized spacial score (nSPS) is 9.80. The predicted octanol–water partition coefficient (Wildman–Crippen LogP) is 2.08. The van der Waals surface area contributed by atoms with E-state index in [1.165, 1.54) is 23.3 Å². The van der Waals surface area contributed by atoms with Crippen molar-refractivity contribution in [3.63, 3.8) is 0 Å². The first-order valence-corrected chi connectivity index (χ1v) is 5.80. The minimum Gasteiger partial charge on any atom is -0.445 e. The lowest BCUT2D eigenvalue weighted by atomic mass is 10.3. The number of hydrogen-bond acceptors (Lipinski definition) is 6. The highest BCUT2D eigenvalue weighted by Gasteiger charge is 2.07. The molecule has 0 fully saturated rings. The van der Waals surface area contributed by atoms with Gasteiger partial charge in [0, 0.05) is 12.4 Å². The molecule has 0 amide bonds. The number of imidazole rings is 1. The van der Waals surface area contributed by atoms with Crippen LogP contribution in [-0.4, -0.2) is 35.0 Å². The number of rotatable bonds is 4. The van der Waals surface area contributed by atoms with Gasteiger partial charge in [-0.05, 0) is 12.1 Å². The second-order valence-electron chi connectivity index (χ2n) is 3.60. The van der Waals surface area contributed by atoms with Gasteiger partial charge in [-0.3, -0.25) is 0 Å². The zero-order valence-electron chi connectivity index (χ0n) is 10.5. The largest absolute Gasteiger partial charge is 0.513 e. The Labute approximate surface area is 114 Å². The molecule has 1 aromatic heterocycles. The van der Waals surface area contributed by atoms with Gasteiger partial charge in [0.25, 0.3) is 0 Å². The van der Waals surface area contributed by atoms with E-state index in [0.717, 1.165) is 0 Å². The summed E-state index contributed by atoms with van der Waals surface area (Å²) in [7, 11) is 0. The van der Waals surface area contributed by atoms with Gasteiger partial charge in [-0.1, -0.05) is 18.2 Å². The Hall–Kier alpha value is -2.83. The number of aromatic nitrogens is 2. The molecule has 0 bridgehead atoms. The van der Waals surface area contributed by atoms with Gasteiger partial charge < -0.3 is 14.2 Å². The fourth-order valence-corrected chi connectivity index (χ4v) is 1.31. The van der Waals surface area contributed by atoms with E-state index in [1.54, 1.807) is 30.3 Å². The standard InChI is InChI=1S/C13H12N2O5/c16-12(15-7-6-14-10-15)18-8-9-19-13(17)20-11-4-2-1-3-5-11/h1-7,10H,8-9H2. The number of ether oxygens (including phenoxy) is 3. The summed E-state index contributed by atoms with van der Waals surface area (Å²) in [4.78, 5) is 26.4. The quantitative estimate of drug-likeness (QED) is 0.483. The average Bonchev–Trinajstić information content (AvgIpc) is 2.99. The molecule has 7 heteroatoms.